The highest BCUT2D eigenvalue weighted by Gasteiger charge is 2.05. The predicted octanol–water partition coefficient (Wildman–Crippen LogP) is 3.81. The minimum Gasteiger partial charge on any atom is -0.497 e. The summed E-state index contributed by atoms with van der Waals surface area (Å²) in [6, 6.07) is 15.0. The van der Waals surface area contributed by atoms with E-state index in [1.54, 1.807) is 44.8 Å². The Kier molecular flexibility index (Phi) is 5.79. The van der Waals surface area contributed by atoms with Gasteiger partial charge in [0, 0.05) is 23.3 Å². The van der Waals surface area contributed by atoms with E-state index in [9.17, 15) is 4.79 Å². The largest absolute Gasteiger partial charge is 0.497 e. The Bertz CT molecular complexity index is 939. The number of carbonyl (C=O) groups is 1. The number of hydrogen-bond donors (Lipinski definition) is 1. The molecule has 0 saturated carbocycles. The summed E-state index contributed by atoms with van der Waals surface area (Å²) in [5.41, 5.74) is 2.21. The van der Waals surface area contributed by atoms with E-state index in [0.717, 1.165) is 11.1 Å². The number of methoxy groups -OCH3 is 2. The Morgan fingerprint density at radius 2 is 1.74 bits per heavy atom. The summed E-state index contributed by atoms with van der Waals surface area (Å²) in [5.74, 6) is 1.62. The summed E-state index contributed by atoms with van der Waals surface area (Å²) in [4.78, 5) is 20.7. The Morgan fingerprint density at radius 1 is 1.00 bits per heavy atom. The predicted molar refractivity (Wildman–Crippen MR) is 105 cm³/mol. The highest BCUT2D eigenvalue weighted by Crippen LogP contribution is 2.25. The van der Waals surface area contributed by atoms with Crippen LogP contribution < -0.4 is 14.8 Å². The third-order valence-corrected chi connectivity index (χ3v) is 3.81. The summed E-state index contributed by atoms with van der Waals surface area (Å²) in [7, 11) is 3.15. The van der Waals surface area contributed by atoms with Gasteiger partial charge in [-0.25, -0.2) is 9.97 Å². The molecule has 0 aliphatic rings. The van der Waals surface area contributed by atoms with Crippen molar-refractivity contribution in [3.05, 3.63) is 72.6 Å². The van der Waals surface area contributed by atoms with Gasteiger partial charge in [0.05, 0.1) is 32.3 Å². The Balaban J connectivity index is 1.66. The lowest BCUT2D eigenvalue weighted by Crippen LogP contribution is -2.08. The van der Waals surface area contributed by atoms with Gasteiger partial charge in [0.15, 0.2) is 5.82 Å². The van der Waals surface area contributed by atoms with Gasteiger partial charge >= 0.3 is 0 Å². The van der Waals surface area contributed by atoms with E-state index < -0.39 is 0 Å². The number of amides is 1. The number of aromatic nitrogens is 2. The zero-order chi connectivity index (χ0) is 19.1. The second-order valence-corrected chi connectivity index (χ2v) is 5.59. The molecule has 0 bridgehead atoms. The topological polar surface area (TPSA) is 73.3 Å². The van der Waals surface area contributed by atoms with Crippen molar-refractivity contribution in [3.8, 4) is 22.9 Å². The molecule has 1 amide bonds. The SMILES string of the molecule is COc1ccc(/C=C/C(=O)Nc2cnc(-c3ccccc3)nc2)c(OC)c1. The normalized spacial score (nSPS) is 10.6. The maximum Gasteiger partial charge on any atom is 0.248 e. The first kappa shape index (κ1) is 18.1. The van der Waals surface area contributed by atoms with Gasteiger partial charge in [-0.05, 0) is 18.2 Å². The number of carbonyl (C=O) groups excluding carboxylic acids is 1. The molecular formula is C21H19N3O3. The molecule has 0 saturated heterocycles. The quantitative estimate of drug-likeness (QED) is 0.676. The van der Waals surface area contributed by atoms with Crippen LogP contribution in [0.1, 0.15) is 5.56 Å². The van der Waals surface area contributed by atoms with Gasteiger partial charge in [0.1, 0.15) is 11.5 Å². The van der Waals surface area contributed by atoms with Crippen molar-refractivity contribution in [3.63, 3.8) is 0 Å². The molecule has 0 aliphatic heterocycles. The van der Waals surface area contributed by atoms with Gasteiger partial charge < -0.3 is 14.8 Å². The van der Waals surface area contributed by atoms with Crippen molar-refractivity contribution in [1.29, 1.82) is 0 Å². The molecule has 0 atom stereocenters. The number of ether oxygens (including phenoxy) is 2. The van der Waals surface area contributed by atoms with Gasteiger partial charge in [-0.2, -0.15) is 0 Å². The van der Waals surface area contributed by atoms with Crippen LogP contribution in [0.15, 0.2) is 67.0 Å². The van der Waals surface area contributed by atoms with E-state index in [0.29, 0.717) is 23.0 Å². The highest BCUT2D eigenvalue weighted by atomic mass is 16.5. The highest BCUT2D eigenvalue weighted by molar-refractivity contribution is 6.02. The molecule has 0 aliphatic carbocycles. The first-order chi connectivity index (χ1) is 13.2. The first-order valence-corrected chi connectivity index (χ1v) is 8.28. The summed E-state index contributed by atoms with van der Waals surface area (Å²) >= 11 is 0. The zero-order valence-corrected chi connectivity index (χ0v) is 15.0. The Labute approximate surface area is 157 Å². The number of hydrogen-bond acceptors (Lipinski definition) is 5. The smallest absolute Gasteiger partial charge is 0.248 e. The molecule has 1 aromatic heterocycles. The zero-order valence-electron chi connectivity index (χ0n) is 15.0. The second-order valence-electron chi connectivity index (χ2n) is 5.59. The lowest BCUT2D eigenvalue weighted by molar-refractivity contribution is -0.111. The van der Waals surface area contributed by atoms with Gasteiger partial charge in [0.25, 0.3) is 0 Å². The third-order valence-electron chi connectivity index (χ3n) is 3.81. The van der Waals surface area contributed by atoms with Gasteiger partial charge in [0.2, 0.25) is 5.91 Å². The van der Waals surface area contributed by atoms with Crippen LogP contribution >= 0.6 is 0 Å². The molecule has 0 fully saturated rings. The Morgan fingerprint density at radius 3 is 2.41 bits per heavy atom. The van der Waals surface area contributed by atoms with Crippen LogP contribution in [0.5, 0.6) is 11.5 Å². The lowest BCUT2D eigenvalue weighted by Gasteiger charge is -2.07. The van der Waals surface area contributed by atoms with Crippen molar-refractivity contribution in [2.45, 2.75) is 0 Å². The maximum atomic E-state index is 12.1. The van der Waals surface area contributed by atoms with Crippen LogP contribution in [0, 0.1) is 0 Å². The second kappa shape index (κ2) is 8.62. The molecule has 6 nitrogen and oxygen atoms in total. The molecule has 136 valence electrons. The number of nitrogens with one attached hydrogen (secondary N) is 1. The van der Waals surface area contributed by atoms with Gasteiger partial charge in [-0.1, -0.05) is 30.3 Å². The van der Waals surface area contributed by atoms with E-state index in [1.165, 1.54) is 6.08 Å². The maximum absolute atomic E-state index is 12.1. The van der Waals surface area contributed by atoms with Gasteiger partial charge in [-0.3, -0.25) is 4.79 Å². The minimum atomic E-state index is -0.288. The molecule has 0 unspecified atom stereocenters. The molecule has 1 heterocycles. The average Bonchev–Trinajstić information content (AvgIpc) is 2.73. The summed E-state index contributed by atoms with van der Waals surface area (Å²) in [5, 5.41) is 2.73. The van der Waals surface area contributed by atoms with Crippen molar-refractivity contribution in [1.82, 2.24) is 9.97 Å². The monoisotopic (exact) mass is 361 g/mol. The van der Waals surface area contributed by atoms with Crippen LogP contribution in [-0.2, 0) is 4.79 Å². The lowest BCUT2D eigenvalue weighted by atomic mass is 10.1. The van der Waals surface area contributed by atoms with E-state index >= 15 is 0 Å². The van der Waals surface area contributed by atoms with Crippen LogP contribution in [0.3, 0.4) is 0 Å². The Hall–Kier alpha value is -3.67. The summed E-state index contributed by atoms with van der Waals surface area (Å²) in [6.07, 6.45) is 6.26. The van der Waals surface area contributed by atoms with E-state index in [1.807, 2.05) is 36.4 Å². The standard InChI is InChI=1S/C21H19N3O3/c1-26-18-10-8-15(19(12-18)27-2)9-11-20(25)24-17-13-22-21(23-14-17)16-6-4-3-5-7-16/h3-14H,1-2H3,(H,24,25)/b11-9+. The van der Waals surface area contributed by atoms with Crippen molar-refractivity contribution >= 4 is 17.7 Å². The molecule has 27 heavy (non-hydrogen) atoms. The number of nitrogens with zero attached hydrogens (tertiary/aromatic N) is 2. The minimum absolute atomic E-state index is 0.288. The fourth-order valence-electron chi connectivity index (χ4n) is 2.43. The van der Waals surface area contributed by atoms with Crippen LogP contribution in [0.4, 0.5) is 5.69 Å². The molecule has 1 N–H and O–H groups in total. The summed E-state index contributed by atoms with van der Waals surface area (Å²) in [6.45, 7) is 0. The molecule has 3 aromatic rings. The van der Waals surface area contributed by atoms with Gasteiger partial charge in [-0.15, -0.1) is 0 Å². The van der Waals surface area contributed by atoms with Crippen LogP contribution in [0.25, 0.3) is 17.5 Å². The van der Waals surface area contributed by atoms with Crippen molar-refractivity contribution < 1.29 is 14.3 Å². The van der Waals surface area contributed by atoms with Crippen molar-refractivity contribution in [2.75, 3.05) is 19.5 Å². The van der Waals surface area contributed by atoms with E-state index in [2.05, 4.69) is 15.3 Å². The molecule has 3 rings (SSSR count). The number of rotatable bonds is 6. The third kappa shape index (κ3) is 4.70. The van der Waals surface area contributed by atoms with Crippen LogP contribution in [0.2, 0.25) is 0 Å². The van der Waals surface area contributed by atoms with Crippen LogP contribution in [-0.4, -0.2) is 30.1 Å². The fourth-order valence-corrected chi connectivity index (χ4v) is 2.43. The summed E-state index contributed by atoms with van der Waals surface area (Å²) < 4.78 is 10.5. The number of benzene rings is 2. The van der Waals surface area contributed by atoms with E-state index in [4.69, 9.17) is 9.47 Å². The fraction of sp³-hybridized carbons (Fsp3) is 0.0952. The van der Waals surface area contributed by atoms with E-state index in [-0.39, 0.29) is 5.91 Å². The molecular weight excluding hydrogens is 342 g/mol. The van der Waals surface area contributed by atoms with Crippen molar-refractivity contribution in [2.24, 2.45) is 0 Å². The molecule has 0 spiro atoms. The molecule has 6 heteroatoms. The number of anilines is 1. The first-order valence-electron chi connectivity index (χ1n) is 8.28. The average molecular weight is 361 g/mol. The molecule has 2 aromatic carbocycles. The molecule has 0 radical (unpaired) electrons.